The number of benzene rings is 1. The summed E-state index contributed by atoms with van der Waals surface area (Å²) in [4.78, 5) is 12.3. The molecular formula is C12H10N4O2S. The molecule has 0 amide bonds. The molecule has 3 rings (SSSR count). The number of esters is 1. The van der Waals surface area contributed by atoms with E-state index in [2.05, 4.69) is 15.3 Å². The SMILES string of the molecule is CCOC(=O)c1nnc2sc(-c3ccccc3)nn12. The van der Waals surface area contributed by atoms with Gasteiger partial charge in [0.1, 0.15) is 5.01 Å². The number of nitrogens with zero attached hydrogens (tertiary/aromatic N) is 4. The molecule has 0 radical (unpaired) electrons. The van der Waals surface area contributed by atoms with Gasteiger partial charge < -0.3 is 4.74 Å². The van der Waals surface area contributed by atoms with Crippen LogP contribution in [0.3, 0.4) is 0 Å². The van der Waals surface area contributed by atoms with Crippen LogP contribution in [0.2, 0.25) is 0 Å². The quantitative estimate of drug-likeness (QED) is 0.683. The van der Waals surface area contributed by atoms with Crippen molar-refractivity contribution in [3.05, 3.63) is 36.2 Å². The largest absolute Gasteiger partial charge is 0.460 e. The van der Waals surface area contributed by atoms with Crippen LogP contribution in [0.15, 0.2) is 30.3 Å². The summed E-state index contributed by atoms with van der Waals surface area (Å²) in [6.07, 6.45) is 0. The summed E-state index contributed by atoms with van der Waals surface area (Å²) in [6.45, 7) is 2.04. The lowest BCUT2D eigenvalue weighted by Gasteiger charge is -1.96. The van der Waals surface area contributed by atoms with Gasteiger partial charge >= 0.3 is 5.97 Å². The van der Waals surface area contributed by atoms with Crippen molar-refractivity contribution in [1.29, 1.82) is 0 Å². The van der Waals surface area contributed by atoms with Crippen LogP contribution in [0.25, 0.3) is 15.5 Å². The lowest BCUT2D eigenvalue weighted by molar-refractivity contribution is 0.0509. The number of ether oxygens (including phenoxy) is 1. The molecule has 0 saturated carbocycles. The summed E-state index contributed by atoms with van der Waals surface area (Å²) in [6, 6.07) is 9.72. The van der Waals surface area contributed by atoms with Gasteiger partial charge in [0, 0.05) is 5.56 Å². The average molecular weight is 274 g/mol. The molecule has 2 heterocycles. The molecule has 0 aliphatic heterocycles. The van der Waals surface area contributed by atoms with Crippen molar-refractivity contribution in [2.24, 2.45) is 0 Å². The van der Waals surface area contributed by atoms with Crippen molar-refractivity contribution >= 4 is 22.3 Å². The normalized spacial score (nSPS) is 10.8. The van der Waals surface area contributed by atoms with Crippen molar-refractivity contribution in [2.75, 3.05) is 6.61 Å². The van der Waals surface area contributed by atoms with Gasteiger partial charge in [0.05, 0.1) is 6.61 Å². The van der Waals surface area contributed by atoms with Gasteiger partial charge in [-0.25, -0.2) is 4.79 Å². The summed E-state index contributed by atoms with van der Waals surface area (Å²) < 4.78 is 6.33. The van der Waals surface area contributed by atoms with Crippen molar-refractivity contribution in [3.63, 3.8) is 0 Å². The third-order valence-electron chi connectivity index (χ3n) is 2.47. The first-order valence-corrected chi connectivity index (χ1v) is 6.56. The first kappa shape index (κ1) is 11.8. The molecule has 6 nitrogen and oxygen atoms in total. The topological polar surface area (TPSA) is 69.4 Å². The van der Waals surface area contributed by atoms with Crippen LogP contribution in [0.4, 0.5) is 0 Å². The minimum absolute atomic E-state index is 0.107. The third kappa shape index (κ3) is 2.08. The monoisotopic (exact) mass is 274 g/mol. The molecule has 7 heteroatoms. The van der Waals surface area contributed by atoms with Crippen molar-refractivity contribution in [3.8, 4) is 10.6 Å². The molecule has 1 aromatic carbocycles. The standard InChI is InChI=1S/C12H10N4O2S/c1-2-18-11(17)9-13-14-12-16(9)15-10(19-12)8-6-4-3-5-7-8/h3-7H,2H2,1H3. The fraction of sp³-hybridized carbons (Fsp3) is 0.167. The lowest BCUT2D eigenvalue weighted by Crippen LogP contribution is -2.10. The Morgan fingerprint density at radius 2 is 2.11 bits per heavy atom. The smallest absolute Gasteiger partial charge is 0.378 e. The molecule has 0 aliphatic carbocycles. The highest BCUT2D eigenvalue weighted by atomic mass is 32.1. The highest BCUT2D eigenvalue weighted by Crippen LogP contribution is 2.25. The highest BCUT2D eigenvalue weighted by molar-refractivity contribution is 7.19. The Hall–Kier alpha value is -2.28. The maximum absolute atomic E-state index is 11.7. The van der Waals surface area contributed by atoms with Gasteiger partial charge in [-0.15, -0.1) is 10.2 Å². The predicted octanol–water partition coefficient (Wildman–Crippen LogP) is 2.03. The Bertz CT molecular complexity index is 720. The van der Waals surface area contributed by atoms with Crippen LogP contribution >= 0.6 is 11.3 Å². The minimum atomic E-state index is -0.514. The van der Waals surface area contributed by atoms with Crippen molar-refractivity contribution in [1.82, 2.24) is 19.8 Å². The maximum Gasteiger partial charge on any atom is 0.378 e. The Labute approximate surface area is 112 Å². The van der Waals surface area contributed by atoms with E-state index < -0.39 is 5.97 Å². The van der Waals surface area contributed by atoms with Gasteiger partial charge in [-0.05, 0) is 6.92 Å². The van der Waals surface area contributed by atoms with E-state index in [0.29, 0.717) is 11.6 Å². The van der Waals surface area contributed by atoms with Gasteiger partial charge in [0.2, 0.25) is 4.96 Å². The molecule has 0 aliphatic rings. The Morgan fingerprint density at radius 3 is 2.84 bits per heavy atom. The first-order valence-electron chi connectivity index (χ1n) is 5.74. The summed E-state index contributed by atoms with van der Waals surface area (Å²) >= 11 is 1.38. The van der Waals surface area contributed by atoms with Crippen molar-refractivity contribution in [2.45, 2.75) is 6.92 Å². The van der Waals surface area contributed by atoms with E-state index in [9.17, 15) is 4.79 Å². The average Bonchev–Trinajstić information content (AvgIpc) is 2.99. The number of fused-ring (bicyclic) bond motifs is 1. The van der Waals surface area contributed by atoms with Crippen LogP contribution in [0.1, 0.15) is 17.5 Å². The fourth-order valence-corrected chi connectivity index (χ4v) is 2.48. The number of aromatic nitrogens is 4. The highest BCUT2D eigenvalue weighted by Gasteiger charge is 2.19. The van der Waals surface area contributed by atoms with Crippen LogP contribution in [0, 0.1) is 0 Å². The zero-order valence-corrected chi connectivity index (χ0v) is 10.9. The number of rotatable bonds is 3. The van der Waals surface area contributed by atoms with Gasteiger partial charge in [-0.2, -0.15) is 9.61 Å². The third-order valence-corrected chi connectivity index (χ3v) is 3.42. The van der Waals surface area contributed by atoms with Crippen LogP contribution in [-0.4, -0.2) is 32.4 Å². The van der Waals surface area contributed by atoms with E-state index in [-0.39, 0.29) is 5.82 Å². The molecular weight excluding hydrogens is 264 g/mol. The zero-order chi connectivity index (χ0) is 13.2. The molecule has 0 unspecified atom stereocenters. The van der Waals surface area contributed by atoms with E-state index in [0.717, 1.165) is 10.6 Å². The van der Waals surface area contributed by atoms with Gasteiger partial charge in [-0.1, -0.05) is 41.7 Å². The minimum Gasteiger partial charge on any atom is -0.460 e. The fourth-order valence-electron chi connectivity index (χ4n) is 1.64. The lowest BCUT2D eigenvalue weighted by atomic mass is 10.2. The van der Waals surface area contributed by atoms with E-state index >= 15 is 0 Å². The van der Waals surface area contributed by atoms with Gasteiger partial charge in [0.25, 0.3) is 5.82 Å². The second-order valence-electron chi connectivity index (χ2n) is 3.71. The number of carbonyl (C=O) groups excluding carboxylic acids is 1. The Kier molecular flexibility index (Phi) is 2.96. The van der Waals surface area contributed by atoms with E-state index in [1.165, 1.54) is 15.9 Å². The number of hydrogen-bond donors (Lipinski definition) is 0. The molecule has 0 fully saturated rings. The predicted molar refractivity (Wildman–Crippen MR) is 70.1 cm³/mol. The molecule has 2 aromatic heterocycles. The summed E-state index contributed by atoms with van der Waals surface area (Å²) in [7, 11) is 0. The second-order valence-corrected chi connectivity index (χ2v) is 4.67. The molecule has 0 saturated heterocycles. The van der Waals surface area contributed by atoms with Crippen LogP contribution < -0.4 is 0 Å². The maximum atomic E-state index is 11.7. The number of hydrogen-bond acceptors (Lipinski definition) is 6. The Balaban J connectivity index is 2.05. The molecule has 0 bridgehead atoms. The van der Waals surface area contributed by atoms with Crippen molar-refractivity contribution < 1.29 is 9.53 Å². The zero-order valence-electron chi connectivity index (χ0n) is 10.1. The molecule has 19 heavy (non-hydrogen) atoms. The second kappa shape index (κ2) is 4.77. The summed E-state index contributed by atoms with van der Waals surface area (Å²) in [5.74, 6) is -0.407. The van der Waals surface area contributed by atoms with E-state index in [4.69, 9.17) is 4.74 Å². The molecule has 96 valence electrons. The summed E-state index contributed by atoms with van der Waals surface area (Å²) in [5, 5.41) is 12.9. The molecule has 0 atom stereocenters. The van der Waals surface area contributed by atoms with E-state index in [1.54, 1.807) is 6.92 Å². The van der Waals surface area contributed by atoms with Gasteiger partial charge in [0.15, 0.2) is 0 Å². The Morgan fingerprint density at radius 1 is 1.32 bits per heavy atom. The van der Waals surface area contributed by atoms with Crippen LogP contribution in [0.5, 0.6) is 0 Å². The van der Waals surface area contributed by atoms with Gasteiger partial charge in [-0.3, -0.25) is 0 Å². The molecule has 3 aromatic rings. The molecule has 0 spiro atoms. The molecule has 0 N–H and O–H groups in total. The number of carbonyl (C=O) groups is 1. The first-order chi connectivity index (χ1) is 9.29. The van der Waals surface area contributed by atoms with E-state index in [1.807, 2.05) is 30.3 Å². The van der Waals surface area contributed by atoms with Crippen LogP contribution in [-0.2, 0) is 4.74 Å². The summed E-state index contributed by atoms with van der Waals surface area (Å²) in [5.41, 5.74) is 0.979.